The number of hydrogen-bond acceptors (Lipinski definition) is 3. The predicted molar refractivity (Wildman–Crippen MR) is 76.0 cm³/mol. The van der Waals surface area contributed by atoms with Crippen LogP contribution in [-0.4, -0.2) is 42.5 Å². The van der Waals surface area contributed by atoms with E-state index in [2.05, 4.69) is 17.1 Å². The molecule has 0 radical (unpaired) electrons. The summed E-state index contributed by atoms with van der Waals surface area (Å²) in [5.41, 5.74) is 5.56. The maximum absolute atomic E-state index is 11.4. The molecular formula is C11H25Cl2N3O. The van der Waals surface area contributed by atoms with E-state index in [9.17, 15) is 4.79 Å². The summed E-state index contributed by atoms with van der Waals surface area (Å²) >= 11 is 0. The molecule has 1 heterocycles. The first-order valence-electron chi connectivity index (χ1n) is 5.89. The summed E-state index contributed by atoms with van der Waals surface area (Å²) in [5.74, 6) is 0.0768. The van der Waals surface area contributed by atoms with E-state index in [-0.39, 0.29) is 36.8 Å². The zero-order valence-corrected chi connectivity index (χ0v) is 12.3. The van der Waals surface area contributed by atoms with Gasteiger partial charge in [-0.15, -0.1) is 24.8 Å². The Balaban J connectivity index is 0. The van der Waals surface area contributed by atoms with E-state index in [1.54, 1.807) is 0 Å². The third-order valence-corrected chi connectivity index (χ3v) is 2.95. The second-order valence-electron chi connectivity index (χ2n) is 4.41. The van der Waals surface area contributed by atoms with Gasteiger partial charge in [0, 0.05) is 25.0 Å². The third-order valence-electron chi connectivity index (χ3n) is 2.95. The van der Waals surface area contributed by atoms with Crippen molar-refractivity contribution in [3.05, 3.63) is 0 Å². The fourth-order valence-electron chi connectivity index (χ4n) is 2.14. The summed E-state index contributed by atoms with van der Waals surface area (Å²) in [6.07, 6.45) is 2.88. The largest absolute Gasteiger partial charge is 0.354 e. The quantitative estimate of drug-likeness (QED) is 0.797. The van der Waals surface area contributed by atoms with Crippen molar-refractivity contribution in [2.75, 3.05) is 19.6 Å². The fraction of sp³-hybridized carbons (Fsp3) is 0.909. The van der Waals surface area contributed by atoms with Gasteiger partial charge in [-0.1, -0.05) is 6.92 Å². The van der Waals surface area contributed by atoms with Gasteiger partial charge in [0.15, 0.2) is 0 Å². The van der Waals surface area contributed by atoms with Gasteiger partial charge in [0.2, 0.25) is 5.91 Å². The van der Waals surface area contributed by atoms with Crippen LogP contribution in [0.25, 0.3) is 0 Å². The van der Waals surface area contributed by atoms with E-state index >= 15 is 0 Å². The predicted octanol–water partition coefficient (Wildman–Crippen LogP) is 1.17. The zero-order chi connectivity index (χ0) is 11.3. The average Bonchev–Trinajstić information content (AvgIpc) is 2.60. The molecule has 0 saturated carbocycles. The molecule has 0 spiro atoms. The Morgan fingerprint density at radius 1 is 1.53 bits per heavy atom. The summed E-state index contributed by atoms with van der Waals surface area (Å²) in [6, 6.07) is 0.489. The molecule has 104 valence electrons. The monoisotopic (exact) mass is 285 g/mol. The standard InChI is InChI=1S/C11H23N3O.2ClH/c1-3-14-6-4-5-10(14)8-13-11(15)7-9(2)12;;/h9-10H,3-8,12H2,1-2H3,(H,13,15);2*1H. The second-order valence-corrected chi connectivity index (χ2v) is 4.41. The van der Waals surface area contributed by atoms with Crippen LogP contribution in [0, 0.1) is 0 Å². The van der Waals surface area contributed by atoms with E-state index in [1.807, 2.05) is 6.92 Å². The number of nitrogens with zero attached hydrogens (tertiary/aromatic N) is 1. The van der Waals surface area contributed by atoms with Gasteiger partial charge in [-0.05, 0) is 32.9 Å². The molecule has 1 aliphatic heterocycles. The average molecular weight is 286 g/mol. The molecule has 0 aromatic rings. The van der Waals surface area contributed by atoms with Crippen LogP contribution in [0.4, 0.5) is 0 Å². The zero-order valence-electron chi connectivity index (χ0n) is 10.6. The van der Waals surface area contributed by atoms with Crippen molar-refractivity contribution in [3.63, 3.8) is 0 Å². The first-order valence-corrected chi connectivity index (χ1v) is 5.89. The lowest BCUT2D eigenvalue weighted by atomic mass is 10.2. The number of halogens is 2. The highest BCUT2D eigenvalue weighted by Crippen LogP contribution is 2.15. The maximum atomic E-state index is 11.4. The molecule has 0 bridgehead atoms. The van der Waals surface area contributed by atoms with Crippen molar-refractivity contribution in [2.45, 2.75) is 45.2 Å². The van der Waals surface area contributed by atoms with Crippen molar-refractivity contribution < 1.29 is 4.79 Å². The first-order chi connectivity index (χ1) is 7.13. The molecule has 0 aromatic carbocycles. The van der Waals surface area contributed by atoms with Crippen LogP contribution in [0.15, 0.2) is 0 Å². The number of likely N-dealkylation sites (N-methyl/N-ethyl adjacent to an activating group) is 1. The minimum atomic E-state index is -0.0455. The van der Waals surface area contributed by atoms with E-state index in [0.717, 1.165) is 13.1 Å². The van der Waals surface area contributed by atoms with Crippen LogP contribution in [0.1, 0.15) is 33.1 Å². The molecule has 1 fully saturated rings. The van der Waals surface area contributed by atoms with Gasteiger partial charge in [-0.3, -0.25) is 9.69 Å². The Morgan fingerprint density at radius 2 is 2.18 bits per heavy atom. The molecule has 1 rings (SSSR count). The van der Waals surface area contributed by atoms with Gasteiger partial charge in [-0.25, -0.2) is 0 Å². The Morgan fingerprint density at radius 3 is 2.71 bits per heavy atom. The Bertz CT molecular complexity index is 215. The van der Waals surface area contributed by atoms with Gasteiger partial charge in [-0.2, -0.15) is 0 Å². The van der Waals surface area contributed by atoms with E-state index in [1.165, 1.54) is 19.4 Å². The number of likely N-dealkylation sites (tertiary alicyclic amines) is 1. The molecule has 0 aliphatic carbocycles. The van der Waals surface area contributed by atoms with Crippen molar-refractivity contribution >= 4 is 30.7 Å². The molecule has 0 aromatic heterocycles. The molecule has 1 aliphatic rings. The van der Waals surface area contributed by atoms with Crippen molar-refractivity contribution in [2.24, 2.45) is 5.73 Å². The minimum Gasteiger partial charge on any atom is -0.354 e. The molecule has 2 unspecified atom stereocenters. The fourth-order valence-corrected chi connectivity index (χ4v) is 2.14. The Hall–Kier alpha value is -0.0300. The van der Waals surface area contributed by atoms with E-state index in [0.29, 0.717) is 12.5 Å². The third kappa shape index (κ3) is 7.09. The summed E-state index contributed by atoms with van der Waals surface area (Å²) < 4.78 is 0. The molecule has 6 heteroatoms. The molecule has 4 nitrogen and oxygen atoms in total. The van der Waals surface area contributed by atoms with Gasteiger partial charge in [0.25, 0.3) is 0 Å². The SMILES string of the molecule is CCN1CCCC1CNC(=O)CC(C)N.Cl.Cl. The summed E-state index contributed by atoms with van der Waals surface area (Å²) in [6.45, 7) is 7.05. The van der Waals surface area contributed by atoms with Gasteiger partial charge in [0.1, 0.15) is 0 Å². The summed E-state index contributed by atoms with van der Waals surface area (Å²) in [5, 5.41) is 2.96. The number of hydrogen-bond donors (Lipinski definition) is 2. The number of nitrogens with two attached hydrogens (primary N) is 1. The summed E-state index contributed by atoms with van der Waals surface area (Å²) in [7, 11) is 0. The van der Waals surface area contributed by atoms with E-state index < -0.39 is 0 Å². The second kappa shape index (κ2) is 9.95. The van der Waals surface area contributed by atoms with Crippen LogP contribution in [0.5, 0.6) is 0 Å². The highest BCUT2D eigenvalue weighted by Gasteiger charge is 2.22. The highest BCUT2D eigenvalue weighted by molar-refractivity contribution is 5.85. The molecule has 2 atom stereocenters. The molecule has 17 heavy (non-hydrogen) atoms. The first kappa shape index (κ1) is 19.3. The minimum absolute atomic E-state index is 0. The Kier molecular flexibility index (Phi) is 11.3. The Labute approximate surface area is 117 Å². The summed E-state index contributed by atoms with van der Waals surface area (Å²) in [4.78, 5) is 13.8. The van der Waals surface area contributed by atoms with Crippen molar-refractivity contribution in [3.8, 4) is 0 Å². The molecule has 3 N–H and O–H groups in total. The van der Waals surface area contributed by atoms with Crippen molar-refractivity contribution in [1.29, 1.82) is 0 Å². The smallest absolute Gasteiger partial charge is 0.221 e. The topological polar surface area (TPSA) is 58.4 Å². The van der Waals surface area contributed by atoms with Gasteiger partial charge in [0.05, 0.1) is 0 Å². The number of carbonyl (C=O) groups is 1. The lowest BCUT2D eigenvalue weighted by molar-refractivity contribution is -0.121. The van der Waals surface area contributed by atoms with Crippen LogP contribution in [0.2, 0.25) is 0 Å². The highest BCUT2D eigenvalue weighted by atomic mass is 35.5. The van der Waals surface area contributed by atoms with Crippen LogP contribution >= 0.6 is 24.8 Å². The molecule has 1 saturated heterocycles. The van der Waals surface area contributed by atoms with E-state index in [4.69, 9.17) is 5.73 Å². The lowest BCUT2D eigenvalue weighted by Crippen LogP contribution is -2.41. The van der Waals surface area contributed by atoms with Crippen LogP contribution < -0.4 is 11.1 Å². The number of nitrogens with one attached hydrogen (secondary N) is 1. The number of rotatable bonds is 5. The number of carbonyl (C=O) groups excluding carboxylic acids is 1. The number of amides is 1. The van der Waals surface area contributed by atoms with Crippen LogP contribution in [-0.2, 0) is 4.79 Å². The van der Waals surface area contributed by atoms with Gasteiger partial charge >= 0.3 is 0 Å². The maximum Gasteiger partial charge on any atom is 0.221 e. The molecule has 1 amide bonds. The lowest BCUT2D eigenvalue weighted by Gasteiger charge is -2.23. The van der Waals surface area contributed by atoms with Crippen molar-refractivity contribution in [1.82, 2.24) is 10.2 Å². The molecular weight excluding hydrogens is 261 g/mol. The van der Waals surface area contributed by atoms with Crippen LogP contribution in [0.3, 0.4) is 0 Å². The van der Waals surface area contributed by atoms with Gasteiger partial charge < -0.3 is 11.1 Å². The normalized spacial score (nSPS) is 21.2.